The summed E-state index contributed by atoms with van der Waals surface area (Å²) in [5, 5.41) is 0. The number of carbonyl (C=O) groups is 2. The van der Waals surface area contributed by atoms with Crippen LogP contribution in [0, 0.1) is 10.8 Å². The highest BCUT2D eigenvalue weighted by Crippen LogP contribution is 2.52. The lowest BCUT2D eigenvalue weighted by atomic mass is 9.76. The molecule has 2 atom stereocenters. The van der Waals surface area contributed by atoms with Crippen molar-refractivity contribution in [3.8, 4) is 34.1 Å². The minimum absolute atomic E-state index is 0.206. The number of likely N-dealkylation sites (N-methyl/N-ethyl adjacent to an activating group) is 1. The standard InChI is InChI=1S/C29H37NO6/c1-28(2,3)26(31)35-21-14-17-12-19-23-16(10-11-30(19)7)13-22(36-27(32)29(4,5)6)25(34-9)24(23)18(17)15-20(21)33-8/h13-15,19H,10-12H2,1-9H3/p+1/t19-/m0/s1. The highest BCUT2D eigenvalue weighted by molar-refractivity contribution is 5.87. The summed E-state index contributed by atoms with van der Waals surface area (Å²) < 4.78 is 23.3. The average Bonchev–Trinajstić information content (AvgIpc) is 2.79. The number of carbonyl (C=O) groups excluding carboxylic acids is 2. The minimum Gasteiger partial charge on any atom is -0.493 e. The summed E-state index contributed by atoms with van der Waals surface area (Å²) in [6.45, 7) is 11.9. The number of hydrogen-bond donors (Lipinski definition) is 1. The van der Waals surface area contributed by atoms with Crippen molar-refractivity contribution in [3.63, 3.8) is 0 Å². The fraction of sp³-hybridized carbons (Fsp3) is 0.517. The molecule has 0 amide bonds. The van der Waals surface area contributed by atoms with Crippen LogP contribution < -0.4 is 23.8 Å². The third-order valence-corrected chi connectivity index (χ3v) is 7.02. The van der Waals surface area contributed by atoms with E-state index in [1.165, 1.54) is 16.0 Å². The lowest BCUT2D eigenvalue weighted by Gasteiger charge is -2.38. The van der Waals surface area contributed by atoms with Crippen LogP contribution in [0.2, 0.25) is 0 Å². The minimum atomic E-state index is -0.655. The van der Waals surface area contributed by atoms with Gasteiger partial charge in [0.2, 0.25) is 0 Å². The molecule has 0 bridgehead atoms. The van der Waals surface area contributed by atoms with Gasteiger partial charge in [-0.1, -0.05) is 0 Å². The molecule has 4 rings (SSSR count). The van der Waals surface area contributed by atoms with Gasteiger partial charge in [-0.3, -0.25) is 9.59 Å². The zero-order valence-corrected chi connectivity index (χ0v) is 22.9. The molecule has 7 heteroatoms. The molecule has 0 radical (unpaired) electrons. The molecule has 0 saturated heterocycles. The number of ether oxygens (including phenoxy) is 4. The first-order valence-corrected chi connectivity index (χ1v) is 12.5. The molecular formula is C29H38NO6+. The molecule has 2 aromatic rings. The highest BCUT2D eigenvalue weighted by Gasteiger charge is 2.40. The Hall–Kier alpha value is -3.06. The fourth-order valence-corrected chi connectivity index (χ4v) is 4.86. The molecule has 0 saturated carbocycles. The molecule has 2 aliphatic rings. The molecule has 0 fully saturated rings. The third-order valence-electron chi connectivity index (χ3n) is 7.02. The van der Waals surface area contributed by atoms with Gasteiger partial charge in [-0.25, -0.2) is 0 Å². The van der Waals surface area contributed by atoms with Crippen molar-refractivity contribution < 1.29 is 33.4 Å². The van der Waals surface area contributed by atoms with E-state index >= 15 is 0 Å². The van der Waals surface area contributed by atoms with Gasteiger partial charge in [0.1, 0.15) is 6.04 Å². The van der Waals surface area contributed by atoms with Crippen LogP contribution in [-0.4, -0.2) is 39.8 Å². The second kappa shape index (κ2) is 9.11. The maximum absolute atomic E-state index is 12.8. The van der Waals surface area contributed by atoms with Gasteiger partial charge in [-0.05, 0) is 76.4 Å². The molecule has 194 valence electrons. The Labute approximate surface area is 213 Å². The number of methoxy groups -OCH3 is 2. The van der Waals surface area contributed by atoms with Crippen LogP contribution in [-0.2, 0) is 22.4 Å². The first-order chi connectivity index (χ1) is 16.8. The average molecular weight is 497 g/mol. The molecule has 1 unspecified atom stereocenters. The monoisotopic (exact) mass is 496 g/mol. The van der Waals surface area contributed by atoms with E-state index in [-0.39, 0.29) is 18.0 Å². The molecule has 1 N–H and O–H groups in total. The lowest BCUT2D eigenvalue weighted by Crippen LogP contribution is -3.10. The van der Waals surface area contributed by atoms with Crippen molar-refractivity contribution in [2.45, 2.75) is 60.4 Å². The van der Waals surface area contributed by atoms with Crippen molar-refractivity contribution >= 4 is 11.9 Å². The number of fused-ring (bicyclic) bond motifs is 2. The van der Waals surface area contributed by atoms with Gasteiger partial charge < -0.3 is 23.8 Å². The van der Waals surface area contributed by atoms with Crippen LogP contribution in [0.3, 0.4) is 0 Å². The van der Waals surface area contributed by atoms with Gasteiger partial charge in [0.25, 0.3) is 0 Å². The molecule has 0 spiro atoms. The summed E-state index contributed by atoms with van der Waals surface area (Å²) in [4.78, 5) is 26.9. The Morgan fingerprint density at radius 1 is 0.833 bits per heavy atom. The van der Waals surface area contributed by atoms with Crippen molar-refractivity contribution in [1.29, 1.82) is 0 Å². The molecule has 36 heavy (non-hydrogen) atoms. The van der Waals surface area contributed by atoms with Gasteiger partial charge in [0, 0.05) is 24.0 Å². The predicted octanol–water partition coefficient (Wildman–Crippen LogP) is 3.94. The Kier molecular flexibility index (Phi) is 6.58. The number of rotatable bonds is 4. The van der Waals surface area contributed by atoms with Gasteiger partial charge in [0.15, 0.2) is 23.0 Å². The van der Waals surface area contributed by atoms with E-state index < -0.39 is 10.8 Å². The normalized spacial score (nSPS) is 18.6. The molecule has 7 nitrogen and oxygen atoms in total. The Morgan fingerprint density at radius 3 is 1.97 bits per heavy atom. The van der Waals surface area contributed by atoms with Crippen LogP contribution >= 0.6 is 0 Å². The van der Waals surface area contributed by atoms with Crippen LogP contribution in [0.5, 0.6) is 23.0 Å². The predicted molar refractivity (Wildman–Crippen MR) is 137 cm³/mol. The third kappa shape index (κ3) is 4.57. The molecule has 2 aromatic carbocycles. The molecule has 0 aromatic heterocycles. The fourth-order valence-electron chi connectivity index (χ4n) is 4.86. The van der Waals surface area contributed by atoms with Crippen LogP contribution in [0.25, 0.3) is 11.1 Å². The quantitative estimate of drug-likeness (QED) is 0.511. The van der Waals surface area contributed by atoms with Gasteiger partial charge in [0.05, 0.1) is 38.6 Å². The van der Waals surface area contributed by atoms with E-state index in [0.29, 0.717) is 23.0 Å². The molecule has 1 heterocycles. The first-order valence-electron chi connectivity index (χ1n) is 12.5. The smallest absolute Gasteiger partial charge is 0.316 e. The molecular weight excluding hydrogens is 458 g/mol. The largest absolute Gasteiger partial charge is 0.493 e. The van der Waals surface area contributed by atoms with E-state index in [4.69, 9.17) is 18.9 Å². The van der Waals surface area contributed by atoms with Crippen LogP contribution in [0.1, 0.15) is 64.3 Å². The molecule has 1 aliphatic carbocycles. The van der Waals surface area contributed by atoms with E-state index in [9.17, 15) is 9.59 Å². The summed E-state index contributed by atoms with van der Waals surface area (Å²) >= 11 is 0. The summed E-state index contributed by atoms with van der Waals surface area (Å²) in [6, 6.07) is 6.00. The summed E-state index contributed by atoms with van der Waals surface area (Å²) in [5.74, 6) is 1.19. The van der Waals surface area contributed by atoms with Crippen molar-refractivity contribution in [3.05, 3.63) is 34.9 Å². The maximum Gasteiger partial charge on any atom is 0.316 e. The maximum atomic E-state index is 12.8. The van der Waals surface area contributed by atoms with Gasteiger partial charge in [-0.2, -0.15) is 0 Å². The van der Waals surface area contributed by atoms with Crippen molar-refractivity contribution in [2.75, 3.05) is 27.8 Å². The zero-order valence-electron chi connectivity index (χ0n) is 22.9. The van der Waals surface area contributed by atoms with Crippen molar-refractivity contribution in [2.24, 2.45) is 10.8 Å². The second-order valence-electron chi connectivity index (χ2n) is 11.9. The van der Waals surface area contributed by atoms with E-state index in [1.807, 2.05) is 59.7 Å². The van der Waals surface area contributed by atoms with Gasteiger partial charge >= 0.3 is 11.9 Å². The lowest BCUT2D eigenvalue weighted by molar-refractivity contribution is -0.914. The van der Waals surface area contributed by atoms with Crippen LogP contribution in [0.4, 0.5) is 0 Å². The van der Waals surface area contributed by atoms with E-state index in [1.54, 1.807) is 14.2 Å². The van der Waals surface area contributed by atoms with Crippen molar-refractivity contribution in [1.82, 2.24) is 0 Å². The number of quaternary nitrogens is 1. The second-order valence-corrected chi connectivity index (χ2v) is 11.9. The topological polar surface area (TPSA) is 75.5 Å². The Balaban J connectivity index is 1.93. The van der Waals surface area contributed by atoms with Gasteiger partial charge in [-0.15, -0.1) is 0 Å². The van der Waals surface area contributed by atoms with E-state index in [0.717, 1.165) is 36.1 Å². The number of benzene rings is 2. The summed E-state index contributed by atoms with van der Waals surface area (Å²) in [6.07, 6.45) is 1.66. The summed E-state index contributed by atoms with van der Waals surface area (Å²) in [5.41, 5.74) is 3.99. The Morgan fingerprint density at radius 2 is 1.42 bits per heavy atom. The number of nitrogens with one attached hydrogen (secondary N) is 1. The molecule has 1 aliphatic heterocycles. The Bertz CT molecular complexity index is 1220. The first kappa shape index (κ1) is 26.0. The SMILES string of the molecule is COc1cc2c(cc1OC(=O)C(C)(C)C)C[C@H]1c3c(cc(OC(=O)C(C)(C)C)c(OC)c3-2)CC[NH+]1C. The number of esters is 2. The zero-order chi connectivity index (χ0) is 26.6. The number of hydrogen-bond acceptors (Lipinski definition) is 6. The van der Waals surface area contributed by atoms with Crippen LogP contribution in [0.15, 0.2) is 18.2 Å². The highest BCUT2D eigenvalue weighted by atomic mass is 16.6. The summed E-state index contributed by atoms with van der Waals surface area (Å²) in [7, 11) is 5.37. The van der Waals surface area contributed by atoms with E-state index in [2.05, 4.69) is 7.05 Å².